The quantitative estimate of drug-likeness (QED) is 0.0134. The number of anilines is 4. The lowest BCUT2D eigenvalue weighted by molar-refractivity contribution is -0.129. The van der Waals surface area contributed by atoms with Gasteiger partial charge >= 0.3 is 0 Å². The minimum Gasteiger partial charge on any atom is -0.370 e. The number of amides is 4. The number of pyridine rings is 4. The average molecular weight is 1730 g/mol. The Bertz CT molecular complexity index is 6090. The Hall–Kier alpha value is -11.8. The monoisotopic (exact) mass is 1730 g/mol. The summed E-state index contributed by atoms with van der Waals surface area (Å²) in [7, 11) is -11.0. The molecule has 1 saturated heterocycles. The van der Waals surface area contributed by atoms with Crippen molar-refractivity contribution in [2.75, 3.05) is 72.3 Å². The van der Waals surface area contributed by atoms with Crippen molar-refractivity contribution in [3.63, 3.8) is 0 Å². The lowest BCUT2D eigenvalue weighted by Crippen LogP contribution is -2.37. The molecule has 13 rings (SSSR count). The number of likely N-dealkylation sites (tertiary alicyclic amines) is 1. The van der Waals surface area contributed by atoms with Crippen molar-refractivity contribution >= 4 is 130 Å². The van der Waals surface area contributed by atoms with E-state index in [2.05, 4.69) is 49.4 Å². The van der Waals surface area contributed by atoms with E-state index in [1.165, 1.54) is 19.3 Å². The first-order valence-electron chi connectivity index (χ1n) is 40.4. The summed E-state index contributed by atoms with van der Waals surface area (Å²) < 4.78 is 113. The van der Waals surface area contributed by atoms with E-state index in [-0.39, 0.29) is 43.7 Å². The fourth-order valence-electron chi connectivity index (χ4n) is 13.2. The Labute approximate surface area is 714 Å². The highest BCUT2D eigenvalue weighted by Crippen LogP contribution is 2.31. The number of sulfonamides is 4. The molecule has 5 heterocycles. The largest absolute Gasteiger partial charge is 0.370 e. The first-order chi connectivity index (χ1) is 58.4. The van der Waals surface area contributed by atoms with Crippen molar-refractivity contribution in [2.24, 2.45) is 5.73 Å². The molecule has 0 saturated carbocycles. The van der Waals surface area contributed by atoms with Crippen molar-refractivity contribution in [1.29, 1.82) is 0 Å². The van der Waals surface area contributed by atoms with E-state index in [0.717, 1.165) is 92.8 Å². The highest BCUT2D eigenvalue weighted by Gasteiger charge is 2.22. The first kappa shape index (κ1) is 92.4. The number of hydroxylamine groups is 1. The molecule has 0 atom stereocenters. The number of primary amides is 1. The molecular weight excluding hydrogens is 1630 g/mol. The molecule has 4 amide bonds. The Morgan fingerprint density at radius 3 is 0.926 bits per heavy atom. The summed E-state index contributed by atoms with van der Waals surface area (Å²) in [4.78, 5) is 70.0. The summed E-state index contributed by atoms with van der Waals surface area (Å²) >= 11 is 0. The second-order valence-corrected chi connectivity index (χ2v) is 36.9. The van der Waals surface area contributed by atoms with Crippen LogP contribution in [0.4, 0.5) is 22.7 Å². The van der Waals surface area contributed by atoms with Crippen molar-refractivity contribution in [3.05, 3.63) is 263 Å². The number of aromatic nitrogens is 4. The lowest BCUT2D eigenvalue weighted by atomic mass is 10.1. The van der Waals surface area contributed by atoms with Crippen molar-refractivity contribution in [3.8, 4) is 0 Å². The zero-order valence-electron chi connectivity index (χ0n) is 69.4. The maximum absolute atomic E-state index is 12.9. The third-order valence-corrected chi connectivity index (χ3v) is 25.5. The van der Waals surface area contributed by atoms with Crippen LogP contribution in [-0.2, 0) is 85.0 Å². The number of likely N-dealkylation sites (N-methyl/N-ethyl adjacent to an activating group) is 1. The second-order valence-electron chi connectivity index (χ2n) is 30.2. The van der Waals surface area contributed by atoms with Gasteiger partial charge in [-0.15, -0.1) is 0 Å². The molecule has 1 fully saturated rings. The number of aryl methyl sites for hydroxylation is 8. The van der Waals surface area contributed by atoms with Gasteiger partial charge in [-0.3, -0.25) is 63.2 Å². The third-order valence-electron chi connectivity index (χ3n) is 20.0. The standard InChI is InChI=1S/C27H34N4O3S.C24H30N4O3S.C20H21N3O4S.C20H21N3O3S/c1-21-11-15-24(16-12-21)35(33,34)30-25-9-5-7-22-13-14-23(29-27(22)25)8-6-10-26(32)28-17-20-31-18-3-2-4-19-31;1-18-10-14-21(15-11-18)32(30,31)27-22-8-4-6-19-12-13-20(26-24(19)22)7-5-9-23(29)25-16-17-28(2)3;1-14-8-12-17(13-9-14)28(26,27)23-18-6-2-4-15-10-11-16(21-20(15)18)5-3-7-19(24)22-25;1-14-8-12-17(13-9-14)27(25,26)23-18-6-2-4-15-10-11-16(22-20(15)18)5-3-7-19(21)24/h5,7,9,11-16,30H,2-4,6,8,10,17-20H2,1H3,(H,28,32);4,6,8,10-15,27H,5,7,9,16-17H2,1-3H3,(H,25,29);2,4,6,8-13,23,25H,3,5,7H2,1H3,(H,22,24);2,4,6,8-13,23H,3,5,7H2,1H3,(H2,21,24). The molecule has 12 aromatic rings. The zero-order valence-corrected chi connectivity index (χ0v) is 72.6. The van der Waals surface area contributed by atoms with Crippen LogP contribution in [0.1, 0.15) is 116 Å². The zero-order chi connectivity index (χ0) is 87.4. The van der Waals surface area contributed by atoms with Gasteiger partial charge in [0.15, 0.2) is 0 Å². The number of nitrogens with two attached hydrogens (primary N) is 1. The van der Waals surface area contributed by atoms with Crippen LogP contribution in [0.25, 0.3) is 43.6 Å². The van der Waals surface area contributed by atoms with Crippen molar-refractivity contribution in [1.82, 2.24) is 45.8 Å². The van der Waals surface area contributed by atoms with Gasteiger partial charge in [0.2, 0.25) is 23.6 Å². The highest BCUT2D eigenvalue weighted by molar-refractivity contribution is 7.93. The molecule has 0 bridgehead atoms. The van der Waals surface area contributed by atoms with E-state index in [4.69, 9.17) is 15.9 Å². The van der Waals surface area contributed by atoms with Gasteiger partial charge in [-0.1, -0.05) is 150 Å². The normalized spacial score (nSPS) is 12.4. The van der Waals surface area contributed by atoms with Gasteiger partial charge < -0.3 is 26.2 Å². The minimum atomic E-state index is -3.74. The van der Waals surface area contributed by atoms with Crippen LogP contribution in [0, 0.1) is 27.7 Å². The van der Waals surface area contributed by atoms with Crippen LogP contribution in [-0.4, -0.2) is 146 Å². The number of hydrogen-bond donors (Lipinski definition) is 9. The van der Waals surface area contributed by atoms with E-state index < -0.39 is 46.0 Å². The molecule has 0 unspecified atom stereocenters. The fraction of sp³-hybridized carbons (Fsp3) is 0.297. The first-order valence-corrected chi connectivity index (χ1v) is 46.4. The van der Waals surface area contributed by atoms with Crippen molar-refractivity contribution in [2.45, 2.75) is 144 Å². The summed E-state index contributed by atoms with van der Waals surface area (Å²) in [6, 6.07) is 63.4. The number of carbonyl (C=O) groups excluding carboxylic acids is 4. The predicted octanol–water partition coefficient (Wildman–Crippen LogP) is 13.9. The average Bonchev–Trinajstić information content (AvgIpc) is 0.807. The highest BCUT2D eigenvalue weighted by atomic mass is 32.2. The molecule has 10 N–H and O–H groups in total. The van der Waals surface area contributed by atoms with Gasteiger partial charge in [0.1, 0.15) is 0 Å². The maximum atomic E-state index is 12.9. The fourth-order valence-corrected chi connectivity index (χ4v) is 17.5. The number of rotatable bonds is 34. The Balaban J connectivity index is 0.000000171. The summed E-state index contributed by atoms with van der Waals surface area (Å²) in [5.41, 5.74) is 17.9. The molecule has 1 aliphatic heterocycles. The van der Waals surface area contributed by atoms with Gasteiger partial charge in [0, 0.05) is 96.2 Å². The summed E-state index contributed by atoms with van der Waals surface area (Å²) in [6.45, 7) is 12.9. The van der Waals surface area contributed by atoms with Gasteiger partial charge in [0.05, 0.1) is 64.4 Å². The van der Waals surface area contributed by atoms with Crippen LogP contribution in [0.3, 0.4) is 0 Å². The van der Waals surface area contributed by atoms with Crippen LogP contribution >= 0.6 is 0 Å². The molecule has 0 spiro atoms. The summed E-state index contributed by atoms with van der Waals surface area (Å²) in [5, 5.41) is 17.8. The second kappa shape index (κ2) is 44.1. The van der Waals surface area contributed by atoms with Gasteiger partial charge in [0.25, 0.3) is 40.1 Å². The number of carbonyl (C=O) groups is 4. The van der Waals surface area contributed by atoms with Crippen molar-refractivity contribution < 1.29 is 58.1 Å². The molecule has 0 radical (unpaired) electrons. The predicted molar refractivity (Wildman–Crippen MR) is 481 cm³/mol. The maximum Gasteiger partial charge on any atom is 0.261 e. The summed E-state index contributed by atoms with van der Waals surface area (Å²) in [6.07, 6.45) is 10.0. The molecule has 27 nitrogen and oxygen atoms in total. The van der Waals surface area contributed by atoms with E-state index >= 15 is 0 Å². The van der Waals surface area contributed by atoms with Gasteiger partial charge in [-0.2, -0.15) is 0 Å². The van der Waals surface area contributed by atoms with Crippen LogP contribution in [0.5, 0.6) is 0 Å². The topological polar surface area (TPSA) is 393 Å². The molecule has 8 aromatic carbocycles. The number of fused-ring (bicyclic) bond motifs is 4. The third kappa shape index (κ3) is 28.1. The number of nitrogens with one attached hydrogen (secondary N) is 7. The van der Waals surface area contributed by atoms with Gasteiger partial charge in [-0.25, -0.2) is 39.2 Å². The number of nitrogens with zero attached hydrogens (tertiary/aromatic N) is 6. The number of piperidine rings is 1. The molecule has 31 heteroatoms. The smallest absolute Gasteiger partial charge is 0.261 e. The Kier molecular flexibility index (Phi) is 33.4. The SMILES string of the molecule is Cc1ccc(S(=O)(=O)Nc2cccc3ccc(CCCC(=O)NCCN(C)C)nc23)cc1.Cc1ccc(S(=O)(=O)Nc2cccc3ccc(CCCC(=O)NCCN4CCCCC4)nc23)cc1.Cc1ccc(S(=O)(=O)Nc2cccc3ccc(CCCC(=O)NO)nc23)cc1.Cc1ccc(S(=O)(=O)Nc2cccc3ccc(CCCC(N)=O)nc23)cc1. The Morgan fingerprint density at radius 2 is 0.648 bits per heavy atom. The van der Waals surface area contributed by atoms with Crippen LogP contribution in [0.2, 0.25) is 0 Å². The van der Waals surface area contributed by atoms with Crippen LogP contribution in [0.15, 0.2) is 238 Å². The van der Waals surface area contributed by atoms with Gasteiger partial charge in [-0.05, 0) is 216 Å². The lowest BCUT2D eigenvalue weighted by Gasteiger charge is -2.26. The van der Waals surface area contributed by atoms with E-state index in [1.54, 1.807) is 145 Å². The summed E-state index contributed by atoms with van der Waals surface area (Å²) in [5.74, 6) is -0.705. The number of hydrogen-bond acceptors (Lipinski definition) is 19. The van der Waals surface area contributed by atoms with E-state index in [1.807, 2.05) is 126 Å². The molecule has 0 aliphatic carbocycles. The minimum absolute atomic E-state index is 0.0270. The molecular formula is C91H106N14O13S4. The van der Waals surface area contributed by atoms with E-state index in [0.29, 0.717) is 129 Å². The molecule has 642 valence electrons. The number of benzene rings is 8. The van der Waals surface area contributed by atoms with E-state index in [9.17, 15) is 52.8 Å². The molecule has 122 heavy (non-hydrogen) atoms. The molecule has 4 aromatic heterocycles. The number of para-hydroxylation sites is 4. The Morgan fingerprint density at radius 1 is 0.369 bits per heavy atom. The van der Waals surface area contributed by atoms with Crippen LogP contribution < -0.4 is 40.7 Å². The molecule has 1 aliphatic rings.